The van der Waals surface area contributed by atoms with Crippen LogP contribution in [0.15, 0.2) is 73.3 Å². The highest BCUT2D eigenvalue weighted by atomic mass is 16.6. The van der Waals surface area contributed by atoms with Gasteiger partial charge in [-0.1, -0.05) is 60.7 Å². The molecule has 3 aromatic heterocycles. The van der Waals surface area contributed by atoms with E-state index < -0.39 is 36.4 Å². The minimum absolute atomic E-state index is 0.0631. The third-order valence-corrected chi connectivity index (χ3v) is 8.21. The predicted octanol–water partition coefficient (Wildman–Crippen LogP) is 1.83. The summed E-state index contributed by atoms with van der Waals surface area (Å²) in [5.41, 5.74) is 4.42. The van der Waals surface area contributed by atoms with Crippen molar-refractivity contribution in [3.8, 4) is 0 Å². The number of carbonyl (C=O) groups excluding carboxylic acids is 2. The number of H-pyrrole nitrogens is 1. The third-order valence-electron chi connectivity index (χ3n) is 8.21. The van der Waals surface area contributed by atoms with Crippen LogP contribution in [-0.4, -0.2) is 89.5 Å². The molecular formula is C33H37N9O5. The molecule has 0 radical (unpaired) electrons. The standard InChI is InChI=1S/C33H37N9O5/c1-3-34-31(45)27-25(43)26(44)33(47-27)42-18-39-24-28(36-16-22(20-10-6-4-7-11-20)21-12-8-5-9-13-21)40-29(41-30(24)42)32(46)35-15-14-23-19(2)37-17-38-23/h4-13,17-18,22,25-27,33,43-44H,3,14-16H2,1-2H3,(H,34,45)(H,35,46)(H,37,38)(H,36,40,41)/t25-,26-,27-,33+/m0/s1. The Balaban J connectivity index is 1.33. The molecule has 0 spiro atoms. The van der Waals surface area contributed by atoms with Crippen molar-refractivity contribution < 1.29 is 24.5 Å². The van der Waals surface area contributed by atoms with Gasteiger partial charge in [-0.15, -0.1) is 0 Å². The first-order valence-electron chi connectivity index (χ1n) is 15.5. The Morgan fingerprint density at radius 1 is 0.979 bits per heavy atom. The van der Waals surface area contributed by atoms with E-state index in [4.69, 9.17) is 4.74 Å². The maximum Gasteiger partial charge on any atom is 0.289 e. The normalized spacial score (nSPS) is 19.3. The van der Waals surface area contributed by atoms with Crippen LogP contribution in [0.3, 0.4) is 0 Å². The van der Waals surface area contributed by atoms with Crippen molar-refractivity contribution >= 4 is 28.8 Å². The lowest BCUT2D eigenvalue weighted by molar-refractivity contribution is -0.137. The highest BCUT2D eigenvalue weighted by Crippen LogP contribution is 2.33. The molecule has 0 unspecified atom stereocenters. The first-order valence-corrected chi connectivity index (χ1v) is 15.5. The van der Waals surface area contributed by atoms with Crippen LogP contribution in [0.1, 0.15) is 52.2 Å². The molecule has 244 valence electrons. The number of aromatic nitrogens is 6. The monoisotopic (exact) mass is 639 g/mol. The van der Waals surface area contributed by atoms with Gasteiger partial charge >= 0.3 is 0 Å². The molecule has 14 nitrogen and oxygen atoms in total. The summed E-state index contributed by atoms with van der Waals surface area (Å²) in [5.74, 6) is -0.974. The van der Waals surface area contributed by atoms with Gasteiger partial charge in [0.2, 0.25) is 5.82 Å². The summed E-state index contributed by atoms with van der Waals surface area (Å²) in [6.45, 7) is 4.68. The van der Waals surface area contributed by atoms with E-state index in [0.717, 1.165) is 22.5 Å². The van der Waals surface area contributed by atoms with Gasteiger partial charge in [-0.3, -0.25) is 14.2 Å². The molecule has 47 heavy (non-hydrogen) atoms. The van der Waals surface area contributed by atoms with Crippen LogP contribution >= 0.6 is 0 Å². The smallest absolute Gasteiger partial charge is 0.289 e. The second-order valence-corrected chi connectivity index (χ2v) is 11.3. The molecule has 14 heteroatoms. The first-order chi connectivity index (χ1) is 22.9. The molecule has 5 aromatic rings. The number of aliphatic hydroxyl groups excluding tert-OH is 2. The van der Waals surface area contributed by atoms with Gasteiger partial charge < -0.3 is 35.9 Å². The van der Waals surface area contributed by atoms with E-state index in [0.29, 0.717) is 37.4 Å². The van der Waals surface area contributed by atoms with Crippen LogP contribution in [0, 0.1) is 6.92 Å². The molecule has 1 fully saturated rings. The minimum atomic E-state index is -1.49. The van der Waals surface area contributed by atoms with Gasteiger partial charge in [0, 0.05) is 37.7 Å². The summed E-state index contributed by atoms with van der Waals surface area (Å²) < 4.78 is 7.25. The SMILES string of the molecule is CCNC(=O)[C@H]1O[C@@H](n2cnc3c(NCC(c4ccccc4)c4ccccc4)nc(C(=O)NCCc4nc[nH]c4C)nc32)[C@@H](O)[C@@H]1O. The van der Waals surface area contributed by atoms with Crippen molar-refractivity contribution in [1.29, 1.82) is 0 Å². The number of carbonyl (C=O) groups is 2. The number of hydrogen-bond donors (Lipinski definition) is 6. The van der Waals surface area contributed by atoms with Crippen LogP contribution in [0.25, 0.3) is 11.2 Å². The minimum Gasteiger partial charge on any atom is -0.387 e. The number of amides is 2. The molecule has 1 aliphatic heterocycles. The summed E-state index contributed by atoms with van der Waals surface area (Å²) in [7, 11) is 0. The van der Waals surface area contributed by atoms with Crippen molar-refractivity contribution in [2.45, 2.75) is 50.7 Å². The van der Waals surface area contributed by atoms with Crippen LogP contribution in [0.4, 0.5) is 5.82 Å². The molecule has 0 bridgehead atoms. The number of fused-ring (bicyclic) bond motifs is 1. The van der Waals surface area contributed by atoms with E-state index in [2.05, 4.69) is 65.1 Å². The van der Waals surface area contributed by atoms with Crippen molar-refractivity contribution in [3.05, 3.63) is 102 Å². The Kier molecular flexibility index (Phi) is 9.52. The number of aromatic amines is 1. The van der Waals surface area contributed by atoms with E-state index in [-0.39, 0.29) is 17.4 Å². The van der Waals surface area contributed by atoms with Crippen LogP contribution < -0.4 is 16.0 Å². The molecular weight excluding hydrogens is 602 g/mol. The predicted molar refractivity (Wildman–Crippen MR) is 173 cm³/mol. The molecule has 1 aliphatic rings. The topological polar surface area (TPSA) is 192 Å². The second kappa shape index (κ2) is 14.1. The average Bonchev–Trinajstić information content (AvgIpc) is 3.79. The number of benzene rings is 2. The van der Waals surface area contributed by atoms with Crippen molar-refractivity contribution in [3.63, 3.8) is 0 Å². The van der Waals surface area contributed by atoms with E-state index in [1.165, 1.54) is 10.9 Å². The van der Waals surface area contributed by atoms with E-state index in [1.807, 2.05) is 43.3 Å². The van der Waals surface area contributed by atoms with Crippen LogP contribution in [0.5, 0.6) is 0 Å². The maximum atomic E-state index is 13.4. The number of hydrogen-bond acceptors (Lipinski definition) is 10. The van der Waals surface area contributed by atoms with Crippen molar-refractivity contribution in [1.82, 2.24) is 40.1 Å². The number of nitrogens with zero attached hydrogens (tertiary/aromatic N) is 5. The highest BCUT2D eigenvalue weighted by molar-refractivity contribution is 5.94. The number of aryl methyl sites for hydroxylation is 1. The third kappa shape index (κ3) is 6.70. The average molecular weight is 640 g/mol. The molecule has 0 aliphatic carbocycles. The van der Waals surface area contributed by atoms with Crippen LogP contribution in [-0.2, 0) is 16.0 Å². The summed E-state index contributed by atoms with van der Waals surface area (Å²) in [4.78, 5) is 46.9. The molecule has 0 saturated carbocycles. The highest BCUT2D eigenvalue weighted by Gasteiger charge is 2.47. The molecule has 4 heterocycles. The largest absolute Gasteiger partial charge is 0.387 e. The van der Waals surface area contributed by atoms with E-state index >= 15 is 0 Å². The summed E-state index contributed by atoms with van der Waals surface area (Å²) in [6, 6.07) is 20.1. The molecule has 1 saturated heterocycles. The Morgan fingerprint density at radius 2 is 1.68 bits per heavy atom. The van der Waals surface area contributed by atoms with Crippen molar-refractivity contribution in [2.75, 3.05) is 25.0 Å². The number of anilines is 1. The fraction of sp³-hybridized carbons (Fsp3) is 0.333. The van der Waals surface area contributed by atoms with Gasteiger partial charge in [-0.2, -0.15) is 0 Å². The number of aliphatic hydroxyl groups is 2. The van der Waals surface area contributed by atoms with Gasteiger partial charge in [-0.05, 0) is 25.0 Å². The Labute approximate surface area is 270 Å². The molecule has 4 atom stereocenters. The maximum absolute atomic E-state index is 13.4. The van der Waals surface area contributed by atoms with Gasteiger partial charge in [0.25, 0.3) is 11.8 Å². The number of imidazole rings is 2. The van der Waals surface area contributed by atoms with E-state index in [9.17, 15) is 19.8 Å². The van der Waals surface area contributed by atoms with Crippen molar-refractivity contribution in [2.24, 2.45) is 0 Å². The number of ether oxygens (including phenoxy) is 1. The molecule has 2 amide bonds. The Hall–Kier alpha value is -5.18. The number of likely N-dealkylation sites (N-methyl/N-ethyl adjacent to an activating group) is 1. The summed E-state index contributed by atoms with van der Waals surface area (Å²) >= 11 is 0. The number of nitrogens with one attached hydrogen (secondary N) is 4. The summed E-state index contributed by atoms with van der Waals surface area (Å²) in [5, 5.41) is 30.5. The molecule has 6 N–H and O–H groups in total. The fourth-order valence-corrected chi connectivity index (χ4v) is 5.72. The lowest BCUT2D eigenvalue weighted by Crippen LogP contribution is -2.42. The molecule has 2 aromatic carbocycles. The fourth-order valence-electron chi connectivity index (χ4n) is 5.72. The molecule has 6 rings (SSSR count). The Bertz CT molecular complexity index is 1790. The summed E-state index contributed by atoms with van der Waals surface area (Å²) in [6.07, 6.45) is -1.98. The zero-order valence-electron chi connectivity index (χ0n) is 26.0. The Morgan fingerprint density at radius 3 is 2.32 bits per heavy atom. The zero-order chi connectivity index (χ0) is 32.9. The second-order valence-electron chi connectivity index (χ2n) is 11.3. The zero-order valence-corrected chi connectivity index (χ0v) is 26.0. The van der Waals surface area contributed by atoms with Gasteiger partial charge in [0.05, 0.1) is 18.3 Å². The van der Waals surface area contributed by atoms with E-state index in [1.54, 1.807) is 13.3 Å². The number of rotatable bonds is 12. The van der Waals surface area contributed by atoms with Gasteiger partial charge in [0.1, 0.15) is 12.2 Å². The quantitative estimate of drug-likeness (QED) is 0.117. The lowest BCUT2D eigenvalue weighted by atomic mass is 9.91. The van der Waals surface area contributed by atoms with Gasteiger partial charge in [0.15, 0.2) is 29.3 Å². The van der Waals surface area contributed by atoms with Gasteiger partial charge in [-0.25, -0.2) is 19.9 Å². The van der Waals surface area contributed by atoms with Crippen LogP contribution in [0.2, 0.25) is 0 Å². The lowest BCUT2D eigenvalue weighted by Gasteiger charge is -2.20. The first kappa shape index (κ1) is 31.8.